The summed E-state index contributed by atoms with van der Waals surface area (Å²) in [5.41, 5.74) is 4.95. The summed E-state index contributed by atoms with van der Waals surface area (Å²) in [5.74, 6) is 2.44. The standard InChI is InChI=1S/C36H52N6O2/c1-27(2)42-18-12-30(13-19-42)38-33-24-36(37-14-20-40-15-7-4-8-16-40)39-32-23-35(34(43-3)22-31(32)33)44-21-9-17-41-25-28-10-5-6-11-29(28)26-41/h5-6,10-11,22-24,27,30H,4,7-9,12-21,25-26H2,1-3H3,(H2,37,38,39). The summed E-state index contributed by atoms with van der Waals surface area (Å²) in [7, 11) is 1.73. The lowest BCUT2D eigenvalue weighted by Crippen LogP contribution is -2.42. The van der Waals surface area contributed by atoms with Crippen LogP contribution in [-0.2, 0) is 13.1 Å². The second-order valence-electron chi connectivity index (χ2n) is 13.1. The van der Waals surface area contributed by atoms with Crippen LogP contribution in [0.3, 0.4) is 0 Å². The van der Waals surface area contributed by atoms with Crippen LogP contribution in [0.1, 0.15) is 63.5 Å². The monoisotopic (exact) mass is 600 g/mol. The van der Waals surface area contributed by atoms with Crippen molar-refractivity contribution in [3.63, 3.8) is 0 Å². The van der Waals surface area contributed by atoms with Crippen molar-refractivity contribution in [2.75, 3.05) is 70.2 Å². The molecule has 2 aromatic carbocycles. The number of hydrogen-bond donors (Lipinski definition) is 2. The smallest absolute Gasteiger partial charge is 0.163 e. The highest BCUT2D eigenvalue weighted by molar-refractivity contribution is 5.95. The van der Waals surface area contributed by atoms with E-state index in [0.717, 1.165) is 99.0 Å². The number of pyridine rings is 1. The Morgan fingerprint density at radius 2 is 1.64 bits per heavy atom. The third-order valence-corrected chi connectivity index (χ3v) is 9.68. The van der Waals surface area contributed by atoms with Crippen LogP contribution in [0.4, 0.5) is 11.5 Å². The lowest BCUT2D eigenvalue weighted by atomic mass is 10.0. The van der Waals surface area contributed by atoms with Crippen molar-refractivity contribution in [3.8, 4) is 11.5 Å². The van der Waals surface area contributed by atoms with Gasteiger partial charge < -0.3 is 29.9 Å². The van der Waals surface area contributed by atoms with Crippen molar-refractivity contribution in [2.45, 2.75) is 77.5 Å². The summed E-state index contributed by atoms with van der Waals surface area (Å²) >= 11 is 0. The normalized spacial score (nSPS) is 18.5. The molecule has 1 aromatic heterocycles. The number of rotatable bonds is 13. The van der Waals surface area contributed by atoms with Crippen molar-refractivity contribution in [3.05, 3.63) is 53.6 Å². The molecule has 3 aliphatic rings. The molecule has 0 amide bonds. The first kappa shape index (κ1) is 30.9. The molecule has 8 heteroatoms. The van der Waals surface area contributed by atoms with E-state index in [4.69, 9.17) is 14.5 Å². The number of aromatic nitrogens is 1. The maximum atomic E-state index is 6.35. The zero-order valence-corrected chi connectivity index (χ0v) is 27.1. The number of nitrogens with zero attached hydrogens (tertiary/aromatic N) is 4. The van der Waals surface area contributed by atoms with Crippen LogP contribution < -0.4 is 20.1 Å². The van der Waals surface area contributed by atoms with E-state index < -0.39 is 0 Å². The average Bonchev–Trinajstić information content (AvgIpc) is 3.46. The van der Waals surface area contributed by atoms with E-state index in [2.05, 4.69) is 81.6 Å². The van der Waals surface area contributed by atoms with Gasteiger partial charge >= 0.3 is 0 Å². The van der Waals surface area contributed by atoms with Crippen LogP contribution in [0.5, 0.6) is 11.5 Å². The molecular formula is C36H52N6O2. The second-order valence-corrected chi connectivity index (χ2v) is 13.1. The minimum atomic E-state index is 0.440. The van der Waals surface area contributed by atoms with E-state index in [1.54, 1.807) is 7.11 Å². The molecule has 2 saturated heterocycles. The number of anilines is 2. The zero-order chi connectivity index (χ0) is 30.3. The van der Waals surface area contributed by atoms with Gasteiger partial charge in [0.25, 0.3) is 0 Å². The van der Waals surface area contributed by atoms with Gasteiger partial charge in [0, 0.05) is 81.1 Å². The number of likely N-dealkylation sites (tertiary alicyclic amines) is 2. The van der Waals surface area contributed by atoms with E-state index in [1.165, 1.54) is 43.5 Å². The number of ether oxygens (including phenoxy) is 2. The van der Waals surface area contributed by atoms with Gasteiger partial charge in [-0.25, -0.2) is 4.98 Å². The maximum absolute atomic E-state index is 6.35. The molecule has 2 N–H and O–H groups in total. The van der Waals surface area contributed by atoms with Crippen LogP contribution in [0, 0.1) is 0 Å². The molecule has 3 aromatic rings. The number of benzene rings is 2. The van der Waals surface area contributed by atoms with Gasteiger partial charge in [0.15, 0.2) is 11.5 Å². The third kappa shape index (κ3) is 7.76. The molecular weight excluding hydrogens is 548 g/mol. The number of fused-ring (bicyclic) bond motifs is 2. The molecule has 2 fully saturated rings. The first-order valence-corrected chi connectivity index (χ1v) is 17.0. The van der Waals surface area contributed by atoms with Crippen molar-refractivity contribution < 1.29 is 9.47 Å². The highest BCUT2D eigenvalue weighted by Crippen LogP contribution is 2.37. The number of hydrogen-bond acceptors (Lipinski definition) is 8. The average molecular weight is 601 g/mol. The lowest BCUT2D eigenvalue weighted by Gasteiger charge is -2.35. The Balaban J connectivity index is 1.14. The first-order chi connectivity index (χ1) is 21.6. The van der Waals surface area contributed by atoms with Crippen molar-refractivity contribution in [2.24, 2.45) is 0 Å². The van der Waals surface area contributed by atoms with Crippen molar-refractivity contribution in [1.82, 2.24) is 19.7 Å². The third-order valence-electron chi connectivity index (χ3n) is 9.68. The lowest BCUT2D eigenvalue weighted by molar-refractivity contribution is 0.177. The van der Waals surface area contributed by atoms with Gasteiger partial charge in [-0.3, -0.25) is 4.90 Å². The molecule has 8 nitrogen and oxygen atoms in total. The quantitative estimate of drug-likeness (QED) is 0.225. The molecule has 3 aliphatic heterocycles. The van der Waals surface area contributed by atoms with Crippen LogP contribution in [0.25, 0.3) is 10.9 Å². The zero-order valence-electron chi connectivity index (χ0n) is 27.1. The molecule has 44 heavy (non-hydrogen) atoms. The SMILES string of the molecule is COc1cc2c(NC3CCN(C(C)C)CC3)cc(NCCN3CCCCC3)nc2cc1OCCCN1Cc2ccccc2C1. The highest BCUT2D eigenvalue weighted by Gasteiger charge is 2.23. The number of nitrogens with one attached hydrogen (secondary N) is 2. The largest absolute Gasteiger partial charge is 0.493 e. The molecule has 0 radical (unpaired) electrons. The van der Waals surface area contributed by atoms with Gasteiger partial charge in [-0.15, -0.1) is 0 Å². The molecule has 0 spiro atoms. The van der Waals surface area contributed by atoms with Gasteiger partial charge in [-0.1, -0.05) is 30.7 Å². The Kier molecular flexibility index (Phi) is 10.4. The van der Waals surface area contributed by atoms with E-state index in [1.807, 2.05) is 0 Å². The minimum Gasteiger partial charge on any atom is -0.493 e. The van der Waals surface area contributed by atoms with E-state index in [-0.39, 0.29) is 0 Å². The molecule has 6 rings (SSSR count). The molecule has 4 heterocycles. The summed E-state index contributed by atoms with van der Waals surface area (Å²) in [6, 6.07) is 16.2. The Bertz CT molecular complexity index is 1340. The fraction of sp³-hybridized carbons (Fsp3) is 0.583. The fourth-order valence-corrected chi connectivity index (χ4v) is 7.05. The minimum absolute atomic E-state index is 0.440. The van der Waals surface area contributed by atoms with Crippen LogP contribution >= 0.6 is 0 Å². The fourth-order valence-electron chi connectivity index (χ4n) is 7.05. The van der Waals surface area contributed by atoms with Crippen molar-refractivity contribution in [1.29, 1.82) is 0 Å². The second kappa shape index (κ2) is 14.8. The summed E-state index contributed by atoms with van der Waals surface area (Å²) in [6.07, 6.45) is 7.23. The molecule has 0 bridgehead atoms. The topological polar surface area (TPSA) is 65.1 Å². The predicted molar refractivity (Wildman–Crippen MR) is 181 cm³/mol. The van der Waals surface area contributed by atoms with Crippen LogP contribution in [0.15, 0.2) is 42.5 Å². The molecule has 0 atom stereocenters. The maximum Gasteiger partial charge on any atom is 0.163 e. The van der Waals surface area contributed by atoms with E-state index in [0.29, 0.717) is 18.7 Å². The van der Waals surface area contributed by atoms with E-state index in [9.17, 15) is 0 Å². The first-order valence-electron chi connectivity index (χ1n) is 17.0. The van der Waals surface area contributed by atoms with E-state index >= 15 is 0 Å². The Morgan fingerprint density at radius 3 is 2.34 bits per heavy atom. The Hall–Kier alpha value is -3.07. The van der Waals surface area contributed by atoms with Gasteiger partial charge in [-0.05, 0) is 76.2 Å². The number of methoxy groups -OCH3 is 1. The molecule has 0 aliphatic carbocycles. The summed E-state index contributed by atoms with van der Waals surface area (Å²) in [6.45, 7) is 14.9. The number of piperidine rings is 2. The predicted octanol–water partition coefficient (Wildman–Crippen LogP) is 6.21. The van der Waals surface area contributed by atoms with Crippen LogP contribution in [-0.4, -0.2) is 91.3 Å². The summed E-state index contributed by atoms with van der Waals surface area (Å²) in [4.78, 5) is 12.7. The van der Waals surface area contributed by atoms with Gasteiger partial charge in [0.2, 0.25) is 0 Å². The summed E-state index contributed by atoms with van der Waals surface area (Å²) in [5, 5.41) is 8.63. The van der Waals surface area contributed by atoms with Crippen molar-refractivity contribution >= 4 is 22.4 Å². The summed E-state index contributed by atoms with van der Waals surface area (Å²) < 4.78 is 12.2. The van der Waals surface area contributed by atoms with Crippen LogP contribution in [0.2, 0.25) is 0 Å². The van der Waals surface area contributed by atoms with Gasteiger partial charge in [0.1, 0.15) is 5.82 Å². The van der Waals surface area contributed by atoms with Gasteiger partial charge in [-0.2, -0.15) is 0 Å². The Morgan fingerprint density at radius 1 is 0.886 bits per heavy atom. The molecule has 238 valence electrons. The highest BCUT2D eigenvalue weighted by atomic mass is 16.5. The Labute approximate surface area is 264 Å². The molecule has 0 unspecified atom stereocenters. The van der Waals surface area contributed by atoms with Gasteiger partial charge in [0.05, 0.1) is 19.2 Å². The molecule has 0 saturated carbocycles.